The van der Waals surface area contributed by atoms with Gasteiger partial charge in [0.05, 0.1) is 22.3 Å². The molecule has 3 heterocycles. The second-order valence-electron chi connectivity index (χ2n) is 4.26. The quantitative estimate of drug-likeness (QED) is 0.785. The van der Waals surface area contributed by atoms with Gasteiger partial charge in [0.1, 0.15) is 12.1 Å². The summed E-state index contributed by atoms with van der Waals surface area (Å²) in [6.45, 7) is 2.81. The zero-order chi connectivity index (χ0) is 13.2. The Morgan fingerprint density at radius 3 is 3.05 bits per heavy atom. The first-order chi connectivity index (χ1) is 9.24. The summed E-state index contributed by atoms with van der Waals surface area (Å²) >= 11 is 1.68. The average Bonchev–Trinajstić information content (AvgIpc) is 2.98. The van der Waals surface area contributed by atoms with Crippen LogP contribution in [0.4, 0.5) is 5.82 Å². The number of fused-ring (bicyclic) bond motifs is 1. The van der Waals surface area contributed by atoms with Crippen molar-refractivity contribution in [2.45, 2.75) is 13.3 Å². The predicted molar refractivity (Wildman–Crippen MR) is 75.3 cm³/mol. The molecule has 0 aromatic carbocycles. The van der Waals surface area contributed by atoms with Crippen molar-refractivity contribution >= 4 is 28.2 Å². The number of thiazole rings is 1. The highest BCUT2D eigenvalue weighted by atomic mass is 32.1. The number of aryl methyl sites for hydroxylation is 2. The standard InChI is InChI=1S/C12H14N6S/c1-8-17-9(6-19-8)3-4-13-11-10-5-16-18(2)12(10)15-7-14-11/h5-7H,3-4H2,1-2H3,(H,13,14,15). The maximum absolute atomic E-state index is 4.44. The Kier molecular flexibility index (Phi) is 3.12. The van der Waals surface area contributed by atoms with Crippen LogP contribution < -0.4 is 5.32 Å². The van der Waals surface area contributed by atoms with E-state index in [2.05, 4.69) is 30.7 Å². The minimum atomic E-state index is 0.796. The third-order valence-electron chi connectivity index (χ3n) is 2.87. The molecule has 3 aromatic heterocycles. The number of rotatable bonds is 4. The van der Waals surface area contributed by atoms with Crippen molar-refractivity contribution in [2.75, 3.05) is 11.9 Å². The van der Waals surface area contributed by atoms with Crippen molar-refractivity contribution in [1.82, 2.24) is 24.7 Å². The molecule has 0 amide bonds. The molecule has 0 radical (unpaired) electrons. The smallest absolute Gasteiger partial charge is 0.163 e. The van der Waals surface area contributed by atoms with Gasteiger partial charge in [-0.3, -0.25) is 4.68 Å². The van der Waals surface area contributed by atoms with Gasteiger partial charge in [-0.25, -0.2) is 15.0 Å². The average molecular weight is 274 g/mol. The fourth-order valence-corrected chi connectivity index (χ4v) is 2.58. The van der Waals surface area contributed by atoms with E-state index in [-0.39, 0.29) is 0 Å². The highest BCUT2D eigenvalue weighted by molar-refractivity contribution is 7.09. The van der Waals surface area contributed by atoms with Crippen molar-refractivity contribution in [1.29, 1.82) is 0 Å². The zero-order valence-electron chi connectivity index (χ0n) is 10.8. The third kappa shape index (κ3) is 2.41. The van der Waals surface area contributed by atoms with Gasteiger partial charge in [0.25, 0.3) is 0 Å². The summed E-state index contributed by atoms with van der Waals surface area (Å²) in [5, 5.41) is 11.6. The van der Waals surface area contributed by atoms with Gasteiger partial charge in [0.15, 0.2) is 5.65 Å². The van der Waals surface area contributed by atoms with Crippen LogP contribution in [0.2, 0.25) is 0 Å². The number of hydrogen-bond donors (Lipinski definition) is 1. The molecule has 7 heteroatoms. The number of nitrogens with zero attached hydrogens (tertiary/aromatic N) is 5. The normalized spacial score (nSPS) is 11.1. The molecule has 1 N–H and O–H groups in total. The molecule has 0 atom stereocenters. The molecule has 0 unspecified atom stereocenters. The predicted octanol–water partition coefficient (Wildman–Crippen LogP) is 1.78. The maximum Gasteiger partial charge on any atom is 0.163 e. The molecule has 3 aromatic rings. The maximum atomic E-state index is 4.44. The number of aromatic nitrogens is 5. The van der Waals surface area contributed by atoms with Gasteiger partial charge < -0.3 is 5.32 Å². The van der Waals surface area contributed by atoms with Crippen molar-refractivity contribution < 1.29 is 0 Å². The van der Waals surface area contributed by atoms with E-state index in [0.717, 1.165) is 40.5 Å². The van der Waals surface area contributed by atoms with Gasteiger partial charge in [0.2, 0.25) is 0 Å². The molecule has 0 bridgehead atoms. The molecule has 98 valence electrons. The van der Waals surface area contributed by atoms with Crippen LogP contribution in [0.3, 0.4) is 0 Å². The van der Waals surface area contributed by atoms with Gasteiger partial charge in [-0.2, -0.15) is 5.10 Å². The molecule has 3 rings (SSSR count). The fraction of sp³-hybridized carbons (Fsp3) is 0.333. The minimum absolute atomic E-state index is 0.796. The van der Waals surface area contributed by atoms with Crippen molar-refractivity contribution in [2.24, 2.45) is 7.05 Å². The summed E-state index contributed by atoms with van der Waals surface area (Å²) in [7, 11) is 1.87. The first-order valence-electron chi connectivity index (χ1n) is 6.01. The molecule has 0 fully saturated rings. The highest BCUT2D eigenvalue weighted by Gasteiger charge is 2.07. The Morgan fingerprint density at radius 1 is 1.37 bits per heavy atom. The van der Waals surface area contributed by atoms with Crippen LogP contribution in [-0.2, 0) is 13.5 Å². The van der Waals surface area contributed by atoms with Crippen LogP contribution in [0.5, 0.6) is 0 Å². The Labute approximate surface area is 114 Å². The van der Waals surface area contributed by atoms with E-state index in [1.165, 1.54) is 0 Å². The second-order valence-corrected chi connectivity index (χ2v) is 5.32. The van der Waals surface area contributed by atoms with E-state index >= 15 is 0 Å². The lowest BCUT2D eigenvalue weighted by molar-refractivity contribution is 0.785. The van der Waals surface area contributed by atoms with Gasteiger partial charge >= 0.3 is 0 Å². The molecule has 0 aliphatic carbocycles. The van der Waals surface area contributed by atoms with Crippen LogP contribution in [0.15, 0.2) is 17.9 Å². The first-order valence-corrected chi connectivity index (χ1v) is 6.89. The molecule has 19 heavy (non-hydrogen) atoms. The van der Waals surface area contributed by atoms with Crippen LogP contribution in [0, 0.1) is 6.92 Å². The topological polar surface area (TPSA) is 68.5 Å². The molecule has 6 nitrogen and oxygen atoms in total. The van der Waals surface area contributed by atoms with Gasteiger partial charge in [-0.05, 0) is 6.92 Å². The van der Waals surface area contributed by atoms with Gasteiger partial charge in [0, 0.05) is 25.4 Å². The van der Waals surface area contributed by atoms with Crippen molar-refractivity contribution in [3.8, 4) is 0 Å². The minimum Gasteiger partial charge on any atom is -0.369 e. The second kappa shape index (κ2) is 4.93. The molecular weight excluding hydrogens is 260 g/mol. The van der Waals surface area contributed by atoms with Crippen LogP contribution in [0.25, 0.3) is 11.0 Å². The molecule has 0 aliphatic rings. The zero-order valence-corrected chi connectivity index (χ0v) is 11.6. The third-order valence-corrected chi connectivity index (χ3v) is 3.69. The van der Waals surface area contributed by atoms with E-state index in [1.54, 1.807) is 28.5 Å². The Bertz CT molecular complexity index is 701. The SMILES string of the molecule is Cc1nc(CCNc2ncnc3c2cnn3C)cs1. The summed E-state index contributed by atoms with van der Waals surface area (Å²) in [5.41, 5.74) is 1.95. The first kappa shape index (κ1) is 12.0. The number of nitrogens with one attached hydrogen (secondary N) is 1. The molecule has 0 aliphatic heterocycles. The number of hydrogen-bond acceptors (Lipinski definition) is 6. The molecule has 0 saturated carbocycles. The lowest BCUT2D eigenvalue weighted by atomic mass is 10.3. The van der Waals surface area contributed by atoms with E-state index in [0.29, 0.717) is 0 Å². The largest absolute Gasteiger partial charge is 0.369 e. The van der Waals surface area contributed by atoms with Crippen molar-refractivity contribution in [3.63, 3.8) is 0 Å². The Morgan fingerprint density at radius 2 is 2.26 bits per heavy atom. The summed E-state index contributed by atoms with van der Waals surface area (Å²) in [6.07, 6.45) is 4.22. The van der Waals surface area contributed by atoms with E-state index in [9.17, 15) is 0 Å². The molecule has 0 spiro atoms. The lowest BCUT2D eigenvalue weighted by Crippen LogP contribution is -2.07. The van der Waals surface area contributed by atoms with Gasteiger partial charge in [-0.1, -0.05) is 0 Å². The summed E-state index contributed by atoms with van der Waals surface area (Å²) in [6, 6.07) is 0. The van der Waals surface area contributed by atoms with Crippen molar-refractivity contribution in [3.05, 3.63) is 28.6 Å². The Balaban J connectivity index is 1.71. The number of anilines is 1. The van der Waals surface area contributed by atoms with Crippen LogP contribution >= 0.6 is 11.3 Å². The van der Waals surface area contributed by atoms with E-state index in [1.807, 2.05) is 14.0 Å². The Hall–Kier alpha value is -2.02. The molecule has 0 saturated heterocycles. The highest BCUT2D eigenvalue weighted by Crippen LogP contribution is 2.17. The summed E-state index contributed by atoms with van der Waals surface area (Å²) in [4.78, 5) is 12.9. The molecular formula is C12H14N6S. The van der Waals surface area contributed by atoms with Crippen LogP contribution in [0.1, 0.15) is 10.7 Å². The lowest BCUT2D eigenvalue weighted by Gasteiger charge is -2.04. The summed E-state index contributed by atoms with van der Waals surface area (Å²) in [5.74, 6) is 0.824. The van der Waals surface area contributed by atoms with Crippen LogP contribution in [-0.4, -0.2) is 31.3 Å². The van der Waals surface area contributed by atoms with E-state index in [4.69, 9.17) is 0 Å². The summed E-state index contributed by atoms with van der Waals surface area (Å²) < 4.78 is 1.74. The van der Waals surface area contributed by atoms with Gasteiger partial charge in [-0.15, -0.1) is 11.3 Å². The monoisotopic (exact) mass is 274 g/mol. The fourth-order valence-electron chi connectivity index (χ4n) is 1.93. The van der Waals surface area contributed by atoms with E-state index < -0.39 is 0 Å².